The molecule has 0 aromatic carbocycles. The van der Waals surface area contributed by atoms with Crippen LogP contribution in [0, 0.1) is 0 Å². The van der Waals surface area contributed by atoms with Gasteiger partial charge < -0.3 is 0 Å². The Morgan fingerprint density at radius 1 is 0.810 bits per heavy atom. The summed E-state index contributed by atoms with van der Waals surface area (Å²) >= 11 is 0. The van der Waals surface area contributed by atoms with Crippen LogP contribution >= 0.6 is 0 Å². The lowest BCUT2D eigenvalue weighted by Gasteiger charge is -2.32. The molecular weight excluding hydrogens is 361 g/mol. The number of hydrogen-bond acceptors (Lipinski definition) is 3. The molecule has 21 heavy (non-hydrogen) atoms. The van der Waals surface area contributed by atoms with Gasteiger partial charge >= 0.3 is 33.4 Å². The van der Waals surface area contributed by atoms with Crippen molar-refractivity contribution in [3.8, 4) is 0 Å². The molecule has 0 saturated carbocycles. The van der Waals surface area contributed by atoms with Crippen molar-refractivity contribution in [2.24, 2.45) is 0 Å². The third-order valence-corrected chi connectivity index (χ3v) is 3.11. The SMILES string of the molecule is O=S(=O)(OCC(F)F)C(F)(F)C(F)(F)C(F)(F)C(F)(F)F. The van der Waals surface area contributed by atoms with Gasteiger partial charge in [0.15, 0.2) is 0 Å². The lowest BCUT2D eigenvalue weighted by molar-refractivity contribution is -0.382. The van der Waals surface area contributed by atoms with Crippen LogP contribution in [0.15, 0.2) is 0 Å². The van der Waals surface area contributed by atoms with E-state index in [9.17, 15) is 56.7 Å². The number of halogens is 11. The fraction of sp³-hybridized carbons (Fsp3) is 1.00. The largest absolute Gasteiger partial charge is 0.460 e. The Balaban J connectivity index is 5.78. The van der Waals surface area contributed by atoms with Crippen LogP contribution in [-0.2, 0) is 14.3 Å². The van der Waals surface area contributed by atoms with E-state index < -0.39 is 46.4 Å². The van der Waals surface area contributed by atoms with E-state index in [1.54, 1.807) is 0 Å². The maximum atomic E-state index is 12.8. The first-order valence-corrected chi connectivity index (χ1v) is 5.70. The monoisotopic (exact) mass is 364 g/mol. The third-order valence-electron chi connectivity index (χ3n) is 1.78. The van der Waals surface area contributed by atoms with E-state index in [1.165, 1.54) is 0 Å². The first kappa shape index (κ1) is 20.1. The summed E-state index contributed by atoms with van der Waals surface area (Å²) in [6.07, 6.45) is -11.0. The highest BCUT2D eigenvalue weighted by atomic mass is 32.2. The Morgan fingerprint density at radius 2 is 1.19 bits per heavy atom. The van der Waals surface area contributed by atoms with Gasteiger partial charge in [0, 0.05) is 0 Å². The van der Waals surface area contributed by atoms with E-state index in [1.807, 2.05) is 0 Å². The van der Waals surface area contributed by atoms with Gasteiger partial charge in [-0.1, -0.05) is 0 Å². The normalized spacial score (nSPS) is 15.6. The van der Waals surface area contributed by atoms with Gasteiger partial charge in [0.2, 0.25) is 0 Å². The molecule has 0 fully saturated rings. The third kappa shape index (κ3) is 3.32. The van der Waals surface area contributed by atoms with Crippen LogP contribution in [-0.4, -0.2) is 44.7 Å². The van der Waals surface area contributed by atoms with Gasteiger partial charge in [0.1, 0.15) is 6.61 Å². The van der Waals surface area contributed by atoms with Crippen molar-refractivity contribution in [2.45, 2.75) is 29.7 Å². The summed E-state index contributed by atoms with van der Waals surface area (Å²) in [5.74, 6) is -15.0. The molecule has 0 spiro atoms. The first-order valence-electron chi connectivity index (χ1n) is 4.29. The maximum absolute atomic E-state index is 12.8. The molecular formula is C6H3F11O3S. The molecule has 0 N–H and O–H groups in total. The number of rotatable bonds is 6. The highest BCUT2D eigenvalue weighted by molar-refractivity contribution is 7.87. The molecule has 15 heteroatoms. The molecule has 0 amide bonds. The smallest absolute Gasteiger partial charge is 0.259 e. The van der Waals surface area contributed by atoms with Gasteiger partial charge in [-0.2, -0.15) is 47.9 Å². The molecule has 0 atom stereocenters. The zero-order valence-electron chi connectivity index (χ0n) is 9.08. The Bertz CT molecular complexity index is 465. The predicted octanol–water partition coefficient (Wildman–Crippen LogP) is 3.02. The van der Waals surface area contributed by atoms with E-state index in [-0.39, 0.29) is 0 Å². The van der Waals surface area contributed by atoms with Gasteiger partial charge in [-0.05, 0) is 0 Å². The molecule has 3 nitrogen and oxygen atoms in total. The van der Waals surface area contributed by atoms with Crippen LogP contribution in [0.25, 0.3) is 0 Å². The summed E-state index contributed by atoms with van der Waals surface area (Å²) in [5.41, 5.74) is 0. The second-order valence-corrected chi connectivity index (χ2v) is 4.95. The van der Waals surface area contributed by atoms with Crippen LogP contribution < -0.4 is 0 Å². The molecule has 0 aliphatic rings. The Hall–Kier alpha value is -0.860. The molecule has 0 aromatic rings. The van der Waals surface area contributed by atoms with Crippen LogP contribution in [0.3, 0.4) is 0 Å². The highest BCUT2D eigenvalue weighted by Crippen LogP contribution is 2.54. The van der Waals surface area contributed by atoms with Crippen molar-refractivity contribution in [2.75, 3.05) is 6.61 Å². The molecule has 0 unspecified atom stereocenters. The molecule has 128 valence electrons. The standard InChI is InChI=1S/C6H3F11O3S/c7-2(8)1-20-21(18,19)6(16,17)4(11,12)3(9,10)5(13,14)15/h2H,1H2. The molecule has 0 radical (unpaired) electrons. The Morgan fingerprint density at radius 3 is 1.48 bits per heavy atom. The first-order chi connectivity index (χ1) is 8.92. The van der Waals surface area contributed by atoms with E-state index in [0.29, 0.717) is 0 Å². The van der Waals surface area contributed by atoms with Gasteiger partial charge in [0.25, 0.3) is 6.43 Å². The molecule has 0 aromatic heterocycles. The summed E-state index contributed by atoms with van der Waals surface area (Å²) < 4.78 is 157. The topological polar surface area (TPSA) is 43.4 Å². The van der Waals surface area contributed by atoms with Crippen LogP contribution in [0.1, 0.15) is 0 Å². The molecule has 0 rings (SSSR count). The minimum atomic E-state index is -7.50. The zero-order chi connectivity index (χ0) is 17.5. The highest BCUT2D eigenvalue weighted by Gasteiger charge is 2.85. The summed E-state index contributed by atoms with van der Waals surface area (Å²) in [6, 6.07) is 0. The van der Waals surface area contributed by atoms with Crippen molar-refractivity contribution in [3.63, 3.8) is 0 Å². The van der Waals surface area contributed by atoms with Gasteiger partial charge in [0.05, 0.1) is 0 Å². The van der Waals surface area contributed by atoms with Crippen molar-refractivity contribution < 1.29 is 60.9 Å². The van der Waals surface area contributed by atoms with E-state index in [2.05, 4.69) is 4.18 Å². The second-order valence-electron chi connectivity index (χ2n) is 3.29. The Kier molecular flexibility index (Phi) is 5.18. The van der Waals surface area contributed by atoms with Crippen molar-refractivity contribution in [1.29, 1.82) is 0 Å². The summed E-state index contributed by atoms with van der Waals surface area (Å²) in [6.45, 7) is -2.44. The van der Waals surface area contributed by atoms with Gasteiger partial charge in [-0.15, -0.1) is 0 Å². The van der Waals surface area contributed by atoms with Crippen molar-refractivity contribution in [1.82, 2.24) is 0 Å². The van der Waals surface area contributed by atoms with E-state index in [4.69, 9.17) is 0 Å². The molecule has 0 bridgehead atoms. The van der Waals surface area contributed by atoms with Crippen LogP contribution in [0.4, 0.5) is 48.3 Å². The summed E-state index contributed by atoms with van der Waals surface area (Å²) in [4.78, 5) is 0. The lowest BCUT2D eigenvalue weighted by atomic mass is 10.1. The molecule has 0 heterocycles. The number of alkyl halides is 11. The predicted molar refractivity (Wildman–Crippen MR) is 41.8 cm³/mol. The van der Waals surface area contributed by atoms with Crippen LogP contribution in [0.5, 0.6) is 0 Å². The second kappa shape index (κ2) is 5.40. The minimum absolute atomic E-state index is 2.44. The zero-order valence-corrected chi connectivity index (χ0v) is 9.89. The summed E-state index contributed by atoms with van der Waals surface area (Å²) in [7, 11) is -7.20. The van der Waals surface area contributed by atoms with E-state index >= 15 is 0 Å². The lowest BCUT2D eigenvalue weighted by Crippen LogP contribution is -2.63. The van der Waals surface area contributed by atoms with Gasteiger partial charge in [-0.25, -0.2) is 8.78 Å². The average molecular weight is 364 g/mol. The van der Waals surface area contributed by atoms with E-state index in [0.717, 1.165) is 0 Å². The minimum Gasteiger partial charge on any atom is -0.259 e. The fourth-order valence-electron chi connectivity index (χ4n) is 0.733. The maximum Gasteiger partial charge on any atom is 0.460 e. The van der Waals surface area contributed by atoms with Crippen molar-refractivity contribution in [3.05, 3.63) is 0 Å². The summed E-state index contributed by atoms with van der Waals surface area (Å²) in [5, 5.41) is -7.12. The molecule has 0 saturated heterocycles. The quantitative estimate of drug-likeness (QED) is 0.538. The molecule has 0 aliphatic heterocycles. The number of hydrogen-bond donors (Lipinski definition) is 0. The molecule has 0 aliphatic carbocycles. The average Bonchev–Trinajstić information content (AvgIpc) is 2.24. The Labute approximate surface area is 108 Å². The fourth-order valence-corrected chi connectivity index (χ4v) is 1.60. The van der Waals surface area contributed by atoms with Crippen LogP contribution in [0.2, 0.25) is 0 Å². The van der Waals surface area contributed by atoms with Crippen molar-refractivity contribution >= 4 is 10.1 Å². The van der Waals surface area contributed by atoms with Gasteiger partial charge in [-0.3, -0.25) is 4.18 Å².